The van der Waals surface area contributed by atoms with Crippen molar-refractivity contribution < 1.29 is 13.9 Å². The molecular weight excluding hydrogens is 340 g/mol. The van der Waals surface area contributed by atoms with E-state index in [1.165, 1.54) is 30.2 Å². The summed E-state index contributed by atoms with van der Waals surface area (Å²) in [6.45, 7) is 16.2. The lowest BCUT2D eigenvalue weighted by molar-refractivity contribution is -0.107. The average molecular weight is 371 g/mol. The predicted molar refractivity (Wildman–Crippen MR) is 100 cm³/mol. The second-order valence-corrected chi connectivity index (χ2v) is 12.3. The molecule has 1 unspecified atom stereocenters. The lowest BCUT2D eigenvalue weighted by Crippen LogP contribution is -2.49. The van der Waals surface area contributed by atoms with E-state index in [2.05, 4.69) is 45.4 Å². The maximum atomic E-state index is 12.1. The van der Waals surface area contributed by atoms with Gasteiger partial charge < -0.3 is 13.9 Å². The number of aromatic amines is 1. The molecule has 1 heterocycles. The number of hydrogen-bond donors (Lipinski definition) is 1. The van der Waals surface area contributed by atoms with Gasteiger partial charge in [0, 0.05) is 19.4 Å². The Balaban J connectivity index is 3.20. The Morgan fingerprint density at radius 1 is 1.32 bits per heavy atom. The van der Waals surface area contributed by atoms with Gasteiger partial charge in [0.05, 0.1) is 12.4 Å². The van der Waals surface area contributed by atoms with Crippen LogP contribution in [0.2, 0.25) is 18.1 Å². The number of hydrogen-bond acceptors (Lipinski definition) is 5. The van der Waals surface area contributed by atoms with Crippen molar-refractivity contribution in [2.75, 3.05) is 7.11 Å². The molecule has 0 saturated heterocycles. The molecule has 0 aliphatic carbocycles. The fourth-order valence-corrected chi connectivity index (χ4v) is 3.69. The molecule has 0 aliphatic heterocycles. The normalized spacial score (nSPS) is 16.1. The third-order valence-electron chi connectivity index (χ3n) is 4.66. The first kappa shape index (κ1) is 21.4. The summed E-state index contributed by atoms with van der Waals surface area (Å²) >= 11 is 0. The molecule has 0 radical (unpaired) electrons. The molecule has 7 nitrogen and oxygen atoms in total. The van der Waals surface area contributed by atoms with Crippen LogP contribution in [0, 0.1) is 0 Å². The first-order valence-electron chi connectivity index (χ1n) is 8.23. The van der Waals surface area contributed by atoms with Crippen molar-refractivity contribution in [2.45, 2.75) is 64.3 Å². The molecule has 0 saturated carbocycles. The number of ether oxygens (including phenoxy) is 2. The minimum atomic E-state index is -2.05. The van der Waals surface area contributed by atoms with E-state index >= 15 is 0 Å². The van der Waals surface area contributed by atoms with E-state index in [0.29, 0.717) is 0 Å². The third kappa shape index (κ3) is 5.16. The van der Waals surface area contributed by atoms with Gasteiger partial charge in [0.1, 0.15) is 6.10 Å². The number of nitrogens with one attached hydrogen (secondary N) is 1. The monoisotopic (exact) mass is 370 g/mol. The van der Waals surface area contributed by atoms with E-state index in [-0.39, 0.29) is 11.1 Å². The highest BCUT2D eigenvalue weighted by Crippen LogP contribution is 2.38. The maximum Gasteiger partial charge on any atom is 0.331 e. The molecule has 0 spiro atoms. The Morgan fingerprint density at radius 3 is 2.36 bits per heavy atom. The Morgan fingerprint density at radius 2 is 1.92 bits per heavy atom. The van der Waals surface area contributed by atoms with Crippen LogP contribution in [-0.4, -0.2) is 37.2 Å². The largest absolute Gasteiger partial charge is 0.475 e. The molecule has 0 fully saturated rings. The fourth-order valence-electron chi connectivity index (χ4n) is 2.28. The van der Waals surface area contributed by atoms with Crippen LogP contribution in [0.3, 0.4) is 0 Å². The molecule has 1 rings (SSSR count). The third-order valence-corrected chi connectivity index (χ3v) is 9.24. The summed E-state index contributed by atoms with van der Waals surface area (Å²) in [6, 6.07) is 1.26. The number of H-pyrrole nitrogens is 1. The van der Waals surface area contributed by atoms with E-state index in [1.807, 2.05) is 6.92 Å². The summed E-state index contributed by atoms with van der Waals surface area (Å²) in [4.78, 5) is 25.7. The van der Waals surface area contributed by atoms with Crippen molar-refractivity contribution in [3.8, 4) is 0 Å². The molecule has 0 bridgehead atoms. The number of aromatic nitrogens is 2. The number of nitrogens with zero attached hydrogens (tertiary/aromatic N) is 1. The van der Waals surface area contributed by atoms with Crippen LogP contribution in [-0.2, 0) is 13.9 Å². The zero-order chi connectivity index (χ0) is 19.4. The van der Waals surface area contributed by atoms with Crippen molar-refractivity contribution in [3.63, 3.8) is 0 Å². The summed E-state index contributed by atoms with van der Waals surface area (Å²) < 4.78 is 18.8. The Hall–Kier alpha value is -1.64. The topological polar surface area (TPSA) is 82.6 Å². The minimum absolute atomic E-state index is 0.0309. The molecule has 8 heteroatoms. The first-order chi connectivity index (χ1) is 11.4. The van der Waals surface area contributed by atoms with Crippen molar-refractivity contribution in [2.24, 2.45) is 0 Å². The average Bonchev–Trinajstić information content (AvgIpc) is 2.45. The van der Waals surface area contributed by atoms with E-state index in [1.54, 1.807) is 0 Å². The maximum absolute atomic E-state index is 12.1. The zero-order valence-corrected chi connectivity index (χ0v) is 17.2. The quantitative estimate of drug-likeness (QED) is 0.562. The Bertz CT molecular complexity index is 689. The Kier molecular flexibility index (Phi) is 6.98. The van der Waals surface area contributed by atoms with Crippen LogP contribution >= 0.6 is 0 Å². The second-order valence-electron chi connectivity index (χ2n) is 7.49. The molecule has 3 atom stereocenters. The van der Waals surface area contributed by atoms with E-state index in [9.17, 15) is 9.59 Å². The molecule has 1 aromatic heterocycles. The summed E-state index contributed by atoms with van der Waals surface area (Å²) in [5.74, 6) is 0. The lowest BCUT2D eigenvalue weighted by Gasteiger charge is -2.41. The van der Waals surface area contributed by atoms with Gasteiger partial charge in [-0.25, -0.2) is 4.79 Å². The second kappa shape index (κ2) is 8.16. The van der Waals surface area contributed by atoms with Crippen LogP contribution < -0.4 is 11.2 Å². The SMILES string of the molecule is C=CO[C@H](C(OC)[C@H](C)O[Si](C)(C)C(C)(C)C)n1ccc(=O)[nH]c1=O. The minimum Gasteiger partial charge on any atom is -0.475 e. The van der Waals surface area contributed by atoms with Gasteiger partial charge >= 0.3 is 5.69 Å². The standard InChI is InChI=1S/C17H30N2O5Si/c1-9-23-15(19-11-10-13(20)18-16(19)21)14(22-6)12(2)24-25(7,8)17(3,4)5/h9-12,14-15H,1H2,2-8H3,(H,18,20,21)/t12-,14?,15+/m0/s1. The Labute approximate surface area is 149 Å². The molecule has 142 valence electrons. The molecule has 1 aromatic rings. The van der Waals surface area contributed by atoms with Crippen LogP contribution in [0.25, 0.3) is 0 Å². The van der Waals surface area contributed by atoms with Gasteiger partial charge in [-0.2, -0.15) is 0 Å². The van der Waals surface area contributed by atoms with E-state index in [0.717, 1.165) is 0 Å². The summed E-state index contributed by atoms with van der Waals surface area (Å²) in [6.07, 6.45) is 0.894. The molecule has 25 heavy (non-hydrogen) atoms. The van der Waals surface area contributed by atoms with Crippen LogP contribution in [0.4, 0.5) is 0 Å². The smallest absolute Gasteiger partial charge is 0.331 e. The van der Waals surface area contributed by atoms with Crippen LogP contribution in [0.5, 0.6) is 0 Å². The highest BCUT2D eigenvalue weighted by atomic mass is 28.4. The molecule has 1 N–H and O–H groups in total. The first-order valence-corrected chi connectivity index (χ1v) is 11.1. The summed E-state index contributed by atoms with van der Waals surface area (Å²) in [5.41, 5.74) is -1.06. The van der Waals surface area contributed by atoms with Gasteiger partial charge in [0.25, 0.3) is 5.56 Å². The van der Waals surface area contributed by atoms with Crippen LogP contribution in [0.1, 0.15) is 33.9 Å². The fraction of sp³-hybridized carbons (Fsp3) is 0.647. The van der Waals surface area contributed by atoms with Gasteiger partial charge in [-0.1, -0.05) is 27.4 Å². The van der Waals surface area contributed by atoms with Gasteiger partial charge in [-0.05, 0) is 25.1 Å². The summed E-state index contributed by atoms with van der Waals surface area (Å²) in [7, 11) is -0.512. The number of rotatable bonds is 8. The van der Waals surface area contributed by atoms with E-state index < -0.39 is 31.9 Å². The van der Waals surface area contributed by atoms with E-state index in [4.69, 9.17) is 13.9 Å². The van der Waals surface area contributed by atoms with Crippen molar-refractivity contribution in [3.05, 3.63) is 45.9 Å². The van der Waals surface area contributed by atoms with Crippen molar-refractivity contribution in [1.82, 2.24) is 9.55 Å². The van der Waals surface area contributed by atoms with Crippen molar-refractivity contribution >= 4 is 8.32 Å². The zero-order valence-electron chi connectivity index (χ0n) is 16.2. The van der Waals surface area contributed by atoms with Gasteiger partial charge in [-0.3, -0.25) is 14.3 Å². The van der Waals surface area contributed by atoms with Crippen LogP contribution in [0.15, 0.2) is 34.7 Å². The predicted octanol–water partition coefficient (Wildman–Crippen LogP) is 2.62. The highest BCUT2D eigenvalue weighted by Gasteiger charge is 2.41. The highest BCUT2D eigenvalue weighted by molar-refractivity contribution is 6.74. The van der Waals surface area contributed by atoms with Gasteiger partial charge in [0.15, 0.2) is 8.32 Å². The number of methoxy groups -OCH3 is 1. The molecule has 0 amide bonds. The molecule has 0 aromatic carbocycles. The summed E-state index contributed by atoms with van der Waals surface area (Å²) in [5, 5.41) is 0.0309. The van der Waals surface area contributed by atoms with Crippen molar-refractivity contribution in [1.29, 1.82) is 0 Å². The lowest BCUT2D eigenvalue weighted by atomic mass is 10.2. The molecule has 0 aliphatic rings. The van der Waals surface area contributed by atoms with Gasteiger partial charge in [-0.15, -0.1) is 0 Å². The van der Waals surface area contributed by atoms with Gasteiger partial charge in [0.2, 0.25) is 6.23 Å². The molecular formula is C17H30N2O5Si.